The number of hydrogen-bond donors (Lipinski definition) is 1. The van der Waals surface area contributed by atoms with Gasteiger partial charge in [-0.3, -0.25) is 5.10 Å². The van der Waals surface area contributed by atoms with E-state index in [1.54, 1.807) is 0 Å². The first-order valence-corrected chi connectivity index (χ1v) is 10.1. The molecule has 0 aliphatic heterocycles. The zero-order valence-electron chi connectivity index (χ0n) is 15.7. The van der Waals surface area contributed by atoms with Crippen LogP contribution in [0.3, 0.4) is 0 Å². The highest BCUT2D eigenvalue weighted by Crippen LogP contribution is 2.32. The van der Waals surface area contributed by atoms with E-state index < -0.39 is 0 Å². The molecular weight excluding hydrogens is 424 g/mol. The number of halogens is 1. The predicted octanol–water partition coefficient (Wildman–Crippen LogP) is 6.42. The highest BCUT2D eigenvalue weighted by Gasteiger charge is 2.14. The summed E-state index contributed by atoms with van der Waals surface area (Å²) in [5, 5.41) is 8.67. The van der Waals surface area contributed by atoms with Crippen molar-refractivity contribution in [1.82, 2.24) is 20.2 Å². The van der Waals surface area contributed by atoms with Gasteiger partial charge in [0, 0.05) is 26.5 Å². The minimum atomic E-state index is 0.667. The van der Waals surface area contributed by atoms with Gasteiger partial charge in [-0.2, -0.15) is 5.10 Å². The van der Waals surface area contributed by atoms with Crippen molar-refractivity contribution in [3.05, 3.63) is 88.9 Å². The molecule has 140 valence electrons. The first-order valence-electron chi connectivity index (χ1n) is 9.33. The van der Waals surface area contributed by atoms with Gasteiger partial charge in [0.05, 0.1) is 11.2 Å². The molecule has 0 aliphatic carbocycles. The molecule has 0 saturated carbocycles. The van der Waals surface area contributed by atoms with E-state index in [-0.39, 0.29) is 0 Å². The number of para-hydroxylation sites is 1. The Kier molecular flexibility index (Phi) is 4.45. The summed E-state index contributed by atoms with van der Waals surface area (Å²) in [5.74, 6) is 1.43. The number of nitrogens with zero attached hydrogens (tertiary/aromatic N) is 3. The molecular formula is C24H17BrN4. The standard InChI is InChI=1S/C24H17BrN4/c1-15-6-2-3-7-18(15)23-27-24(29-28-23)20-14-22(16-10-12-17(25)13-11-16)26-21-9-5-4-8-19(20)21/h2-14H,1H3,(H,27,28,29). The lowest BCUT2D eigenvalue weighted by Crippen LogP contribution is -1.91. The number of nitrogens with one attached hydrogen (secondary N) is 1. The fourth-order valence-corrected chi connectivity index (χ4v) is 3.73. The molecule has 0 fully saturated rings. The summed E-state index contributed by atoms with van der Waals surface area (Å²) >= 11 is 3.50. The maximum Gasteiger partial charge on any atom is 0.182 e. The smallest absolute Gasteiger partial charge is 0.182 e. The van der Waals surface area contributed by atoms with Crippen LogP contribution in [0.1, 0.15) is 5.56 Å². The van der Waals surface area contributed by atoms with Gasteiger partial charge in [0.2, 0.25) is 0 Å². The summed E-state index contributed by atoms with van der Waals surface area (Å²) in [5.41, 5.74) is 6.04. The monoisotopic (exact) mass is 440 g/mol. The van der Waals surface area contributed by atoms with Crippen LogP contribution in [0.2, 0.25) is 0 Å². The molecule has 3 aromatic carbocycles. The van der Waals surface area contributed by atoms with Crippen LogP contribution >= 0.6 is 15.9 Å². The number of aromatic nitrogens is 4. The molecule has 0 radical (unpaired) electrons. The normalized spacial score (nSPS) is 11.1. The summed E-state index contributed by atoms with van der Waals surface area (Å²) < 4.78 is 1.04. The number of hydrogen-bond acceptors (Lipinski definition) is 3. The minimum absolute atomic E-state index is 0.667. The van der Waals surface area contributed by atoms with Gasteiger partial charge in [-0.1, -0.05) is 70.5 Å². The third-order valence-corrected chi connectivity index (χ3v) is 5.51. The second kappa shape index (κ2) is 7.26. The molecule has 5 rings (SSSR count). The second-order valence-corrected chi connectivity index (χ2v) is 7.82. The Morgan fingerprint density at radius 2 is 1.55 bits per heavy atom. The van der Waals surface area contributed by atoms with Crippen LogP contribution in [-0.4, -0.2) is 20.2 Å². The average molecular weight is 441 g/mol. The lowest BCUT2D eigenvalue weighted by Gasteiger charge is -2.08. The largest absolute Gasteiger partial charge is 0.259 e. The van der Waals surface area contributed by atoms with Crippen LogP contribution in [0.5, 0.6) is 0 Å². The number of H-pyrrole nitrogens is 1. The Labute approximate surface area is 176 Å². The number of pyridine rings is 1. The molecule has 2 aromatic heterocycles. The van der Waals surface area contributed by atoms with Gasteiger partial charge in [-0.05, 0) is 36.8 Å². The van der Waals surface area contributed by atoms with E-state index in [4.69, 9.17) is 9.97 Å². The van der Waals surface area contributed by atoms with Crippen molar-refractivity contribution in [2.75, 3.05) is 0 Å². The zero-order valence-corrected chi connectivity index (χ0v) is 17.3. The third kappa shape index (κ3) is 3.34. The van der Waals surface area contributed by atoms with Crippen molar-refractivity contribution >= 4 is 26.8 Å². The number of fused-ring (bicyclic) bond motifs is 1. The molecule has 4 nitrogen and oxygen atoms in total. The Morgan fingerprint density at radius 3 is 2.38 bits per heavy atom. The van der Waals surface area contributed by atoms with E-state index in [1.165, 1.54) is 0 Å². The Balaban J connectivity index is 1.68. The molecule has 0 aliphatic rings. The number of benzene rings is 3. The van der Waals surface area contributed by atoms with E-state index in [9.17, 15) is 0 Å². The first kappa shape index (κ1) is 17.8. The second-order valence-electron chi connectivity index (χ2n) is 6.90. The van der Waals surface area contributed by atoms with E-state index in [2.05, 4.69) is 69.4 Å². The van der Waals surface area contributed by atoms with E-state index in [0.29, 0.717) is 5.82 Å². The van der Waals surface area contributed by atoms with Gasteiger partial charge in [0.25, 0.3) is 0 Å². The Morgan fingerprint density at radius 1 is 0.793 bits per heavy atom. The topological polar surface area (TPSA) is 54.5 Å². The number of rotatable bonds is 3. The molecule has 2 heterocycles. The summed E-state index contributed by atoms with van der Waals surface area (Å²) in [6.45, 7) is 2.07. The van der Waals surface area contributed by atoms with Crippen molar-refractivity contribution in [2.24, 2.45) is 0 Å². The van der Waals surface area contributed by atoms with Gasteiger partial charge in [-0.25, -0.2) is 9.97 Å². The third-order valence-electron chi connectivity index (χ3n) is 4.98. The number of aromatic amines is 1. The molecule has 1 N–H and O–H groups in total. The summed E-state index contributed by atoms with van der Waals surface area (Å²) in [6.07, 6.45) is 0. The molecule has 0 spiro atoms. The summed E-state index contributed by atoms with van der Waals surface area (Å²) in [4.78, 5) is 9.67. The van der Waals surface area contributed by atoms with Crippen LogP contribution < -0.4 is 0 Å². The SMILES string of the molecule is Cc1ccccc1-c1nc(-c2cc(-c3ccc(Br)cc3)nc3ccccc23)n[nH]1. The molecule has 0 unspecified atom stereocenters. The van der Waals surface area contributed by atoms with Crippen LogP contribution in [0.4, 0.5) is 0 Å². The Bertz CT molecular complexity index is 1320. The van der Waals surface area contributed by atoms with Crippen LogP contribution in [0, 0.1) is 6.92 Å². The molecule has 0 atom stereocenters. The molecule has 0 amide bonds. The van der Waals surface area contributed by atoms with E-state index in [0.717, 1.165) is 49.1 Å². The van der Waals surface area contributed by atoms with Gasteiger partial charge < -0.3 is 0 Å². The highest BCUT2D eigenvalue weighted by molar-refractivity contribution is 9.10. The maximum atomic E-state index is 4.86. The molecule has 29 heavy (non-hydrogen) atoms. The fourth-order valence-electron chi connectivity index (χ4n) is 3.47. The van der Waals surface area contributed by atoms with Crippen molar-refractivity contribution in [1.29, 1.82) is 0 Å². The van der Waals surface area contributed by atoms with E-state index >= 15 is 0 Å². The lowest BCUT2D eigenvalue weighted by molar-refractivity contribution is 1.10. The summed E-state index contributed by atoms with van der Waals surface area (Å²) in [6, 6.07) is 26.5. The molecule has 5 heteroatoms. The molecule has 0 saturated heterocycles. The average Bonchev–Trinajstić information content (AvgIpc) is 3.23. The van der Waals surface area contributed by atoms with Crippen molar-refractivity contribution in [3.8, 4) is 34.0 Å². The van der Waals surface area contributed by atoms with Crippen molar-refractivity contribution < 1.29 is 0 Å². The molecule has 5 aromatic rings. The lowest BCUT2D eigenvalue weighted by atomic mass is 10.0. The van der Waals surface area contributed by atoms with Crippen LogP contribution in [0.15, 0.2) is 83.3 Å². The zero-order chi connectivity index (χ0) is 19.8. The molecule has 0 bridgehead atoms. The quantitative estimate of drug-likeness (QED) is 0.351. The van der Waals surface area contributed by atoms with Crippen LogP contribution in [-0.2, 0) is 0 Å². The van der Waals surface area contributed by atoms with Crippen LogP contribution in [0.25, 0.3) is 44.9 Å². The Hall–Kier alpha value is -3.31. The van der Waals surface area contributed by atoms with Crippen molar-refractivity contribution in [2.45, 2.75) is 6.92 Å². The van der Waals surface area contributed by atoms with Gasteiger partial charge in [0.1, 0.15) is 0 Å². The maximum absolute atomic E-state index is 4.86. The minimum Gasteiger partial charge on any atom is -0.259 e. The predicted molar refractivity (Wildman–Crippen MR) is 120 cm³/mol. The van der Waals surface area contributed by atoms with Gasteiger partial charge in [0.15, 0.2) is 11.6 Å². The first-order chi connectivity index (χ1) is 14.2. The van der Waals surface area contributed by atoms with E-state index in [1.807, 2.05) is 42.5 Å². The highest BCUT2D eigenvalue weighted by atomic mass is 79.9. The van der Waals surface area contributed by atoms with Gasteiger partial charge in [-0.15, -0.1) is 0 Å². The van der Waals surface area contributed by atoms with Gasteiger partial charge >= 0.3 is 0 Å². The summed E-state index contributed by atoms with van der Waals surface area (Å²) in [7, 11) is 0. The fraction of sp³-hybridized carbons (Fsp3) is 0.0417. The number of aryl methyl sites for hydroxylation is 1. The van der Waals surface area contributed by atoms with Crippen molar-refractivity contribution in [3.63, 3.8) is 0 Å².